The number of hydrogen-bond donors (Lipinski definition) is 1. The van der Waals surface area contributed by atoms with Crippen molar-refractivity contribution in [1.82, 2.24) is 10.2 Å². The van der Waals surface area contributed by atoms with E-state index < -0.39 is 6.04 Å². The molecule has 0 radical (unpaired) electrons. The first kappa shape index (κ1) is 29.1. The van der Waals surface area contributed by atoms with Gasteiger partial charge in [0.05, 0.1) is 5.69 Å². The maximum absolute atomic E-state index is 14.1. The highest BCUT2D eigenvalue weighted by molar-refractivity contribution is 9.10. The van der Waals surface area contributed by atoms with Crippen molar-refractivity contribution in [3.8, 4) is 0 Å². The summed E-state index contributed by atoms with van der Waals surface area (Å²) in [5.74, 6) is -0.219. The van der Waals surface area contributed by atoms with Gasteiger partial charge in [-0.3, -0.25) is 14.4 Å². The molecular weight excluding hydrogens is 602 g/mol. The van der Waals surface area contributed by atoms with Crippen molar-refractivity contribution in [2.24, 2.45) is 0 Å². The third-order valence-corrected chi connectivity index (χ3v) is 9.13. The molecular formula is C36H36BrN3O3. The molecule has 4 aromatic carbocycles. The number of amides is 3. The fourth-order valence-electron chi connectivity index (χ4n) is 6.49. The van der Waals surface area contributed by atoms with Crippen LogP contribution in [0.2, 0.25) is 0 Å². The van der Waals surface area contributed by atoms with Crippen LogP contribution in [0.1, 0.15) is 60.0 Å². The number of halogens is 1. The van der Waals surface area contributed by atoms with Crippen molar-refractivity contribution in [2.75, 3.05) is 11.4 Å². The smallest absolute Gasteiger partial charge is 0.258 e. The summed E-state index contributed by atoms with van der Waals surface area (Å²) in [6, 6.07) is 29.1. The summed E-state index contributed by atoms with van der Waals surface area (Å²) in [5, 5.41) is 5.28. The van der Waals surface area contributed by atoms with Crippen molar-refractivity contribution >= 4 is 50.1 Å². The molecule has 6 rings (SSSR count). The van der Waals surface area contributed by atoms with E-state index in [4.69, 9.17) is 0 Å². The summed E-state index contributed by atoms with van der Waals surface area (Å²) >= 11 is 3.56. The topological polar surface area (TPSA) is 69.7 Å². The van der Waals surface area contributed by atoms with Crippen LogP contribution in [0.15, 0.2) is 95.5 Å². The summed E-state index contributed by atoms with van der Waals surface area (Å²) in [5.41, 5.74) is 3.57. The molecule has 2 aliphatic rings. The van der Waals surface area contributed by atoms with Crippen LogP contribution >= 0.6 is 15.9 Å². The Labute approximate surface area is 261 Å². The highest BCUT2D eigenvalue weighted by Crippen LogP contribution is 2.37. The molecule has 220 valence electrons. The summed E-state index contributed by atoms with van der Waals surface area (Å²) in [4.78, 5) is 44.8. The van der Waals surface area contributed by atoms with Crippen LogP contribution in [0.25, 0.3) is 10.8 Å². The highest BCUT2D eigenvalue weighted by Gasteiger charge is 2.33. The SMILES string of the molecule is O=C(NC1CCCC1)[C@H](Cc1ccccc1)N(Cc1cccc(Br)c1)C(=O)CCCN1C(=O)c2cccc3cccc1c23. The van der Waals surface area contributed by atoms with Crippen LogP contribution < -0.4 is 10.2 Å². The molecule has 1 aliphatic carbocycles. The molecule has 1 atom stereocenters. The molecule has 7 heteroatoms. The van der Waals surface area contributed by atoms with Gasteiger partial charge in [0.15, 0.2) is 0 Å². The maximum atomic E-state index is 14.1. The molecule has 0 bridgehead atoms. The zero-order chi connectivity index (χ0) is 29.8. The van der Waals surface area contributed by atoms with Gasteiger partial charge in [-0.1, -0.05) is 95.5 Å². The molecule has 0 aromatic heterocycles. The molecule has 0 saturated heterocycles. The van der Waals surface area contributed by atoms with Gasteiger partial charge in [-0.05, 0) is 60.0 Å². The van der Waals surface area contributed by atoms with Crippen molar-refractivity contribution in [2.45, 2.75) is 63.6 Å². The highest BCUT2D eigenvalue weighted by atomic mass is 79.9. The van der Waals surface area contributed by atoms with Crippen LogP contribution in [0.3, 0.4) is 0 Å². The van der Waals surface area contributed by atoms with Crippen LogP contribution in [-0.4, -0.2) is 41.2 Å². The average molecular weight is 639 g/mol. The van der Waals surface area contributed by atoms with Crippen LogP contribution in [-0.2, 0) is 22.6 Å². The van der Waals surface area contributed by atoms with E-state index in [0.29, 0.717) is 31.5 Å². The van der Waals surface area contributed by atoms with Gasteiger partial charge in [0.2, 0.25) is 11.8 Å². The average Bonchev–Trinajstić information content (AvgIpc) is 3.63. The fourth-order valence-corrected chi connectivity index (χ4v) is 6.93. The van der Waals surface area contributed by atoms with E-state index in [-0.39, 0.29) is 30.2 Å². The zero-order valence-electron chi connectivity index (χ0n) is 24.2. The zero-order valence-corrected chi connectivity index (χ0v) is 25.8. The van der Waals surface area contributed by atoms with E-state index in [1.807, 2.05) is 91.0 Å². The van der Waals surface area contributed by atoms with Gasteiger partial charge < -0.3 is 15.1 Å². The van der Waals surface area contributed by atoms with Crippen molar-refractivity contribution in [1.29, 1.82) is 0 Å². The lowest BCUT2D eigenvalue weighted by Gasteiger charge is -2.32. The van der Waals surface area contributed by atoms with Crippen LogP contribution in [0.5, 0.6) is 0 Å². The normalized spacial score (nSPS) is 15.2. The largest absolute Gasteiger partial charge is 0.352 e. The Morgan fingerprint density at radius 1 is 0.907 bits per heavy atom. The summed E-state index contributed by atoms with van der Waals surface area (Å²) < 4.78 is 0.925. The second-order valence-electron chi connectivity index (χ2n) is 11.6. The van der Waals surface area contributed by atoms with Gasteiger partial charge in [-0.15, -0.1) is 0 Å². The first-order chi connectivity index (χ1) is 21.0. The number of hydrogen-bond acceptors (Lipinski definition) is 3. The number of benzene rings is 4. The molecule has 3 amide bonds. The summed E-state index contributed by atoms with van der Waals surface area (Å²) in [6.07, 6.45) is 5.33. The first-order valence-electron chi connectivity index (χ1n) is 15.2. The third kappa shape index (κ3) is 6.52. The van der Waals surface area contributed by atoms with E-state index in [1.165, 1.54) is 0 Å². The molecule has 0 spiro atoms. The minimum absolute atomic E-state index is 0.0249. The maximum Gasteiger partial charge on any atom is 0.258 e. The number of rotatable bonds is 11. The number of nitrogens with one attached hydrogen (secondary N) is 1. The molecule has 0 unspecified atom stereocenters. The molecule has 6 nitrogen and oxygen atoms in total. The van der Waals surface area contributed by atoms with Gasteiger partial charge in [-0.2, -0.15) is 0 Å². The molecule has 1 aliphatic heterocycles. The van der Waals surface area contributed by atoms with Crippen LogP contribution in [0, 0.1) is 0 Å². The van der Waals surface area contributed by atoms with E-state index in [1.54, 1.807) is 9.80 Å². The lowest BCUT2D eigenvalue weighted by molar-refractivity contribution is -0.141. The molecule has 1 N–H and O–H groups in total. The van der Waals surface area contributed by atoms with Gasteiger partial charge in [-0.25, -0.2) is 0 Å². The van der Waals surface area contributed by atoms with Crippen molar-refractivity contribution in [3.63, 3.8) is 0 Å². The second kappa shape index (κ2) is 13.1. The summed E-state index contributed by atoms with van der Waals surface area (Å²) in [6.45, 7) is 0.752. The fraction of sp³-hybridized carbons (Fsp3) is 0.306. The van der Waals surface area contributed by atoms with E-state index in [9.17, 15) is 14.4 Å². The van der Waals surface area contributed by atoms with Gasteiger partial charge >= 0.3 is 0 Å². The van der Waals surface area contributed by atoms with Gasteiger partial charge in [0.25, 0.3) is 5.91 Å². The third-order valence-electron chi connectivity index (χ3n) is 8.64. The number of anilines is 1. The van der Waals surface area contributed by atoms with Gasteiger partial charge in [0.1, 0.15) is 6.04 Å². The van der Waals surface area contributed by atoms with E-state index in [0.717, 1.165) is 57.7 Å². The minimum Gasteiger partial charge on any atom is -0.352 e. The van der Waals surface area contributed by atoms with Crippen molar-refractivity contribution in [3.05, 3.63) is 112 Å². The molecule has 1 saturated carbocycles. The van der Waals surface area contributed by atoms with Gasteiger partial charge in [0, 0.05) is 47.4 Å². The molecule has 1 fully saturated rings. The quantitative estimate of drug-likeness (QED) is 0.192. The first-order valence-corrected chi connectivity index (χ1v) is 16.0. The molecule has 4 aromatic rings. The minimum atomic E-state index is -0.652. The Balaban J connectivity index is 1.23. The lowest BCUT2D eigenvalue weighted by Crippen LogP contribution is -2.52. The summed E-state index contributed by atoms with van der Waals surface area (Å²) in [7, 11) is 0. The monoisotopic (exact) mass is 637 g/mol. The van der Waals surface area contributed by atoms with E-state index in [2.05, 4.69) is 21.2 Å². The number of carbonyl (C=O) groups excluding carboxylic acids is 3. The lowest BCUT2D eigenvalue weighted by atomic mass is 10.0. The van der Waals surface area contributed by atoms with Crippen molar-refractivity contribution < 1.29 is 14.4 Å². The van der Waals surface area contributed by atoms with Crippen LogP contribution in [0.4, 0.5) is 5.69 Å². The standard InChI is InChI=1S/C36H36BrN3O3/c37-28-15-6-12-26(22-28)24-40(32(23-25-10-2-1-3-11-25)35(42)38-29-16-4-5-17-29)33(41)20-9-21-39-31-19-8-14-27-13-7-18-30(34(27)31)36(39)43/h1-3,6-8,10-15,18-19,22,29,32H,4-5,9,16-17,20-21,23-24H2,(H,38,42)/t32-/m0/s1. The Bertz CT molecular complexity index is 1630. The Kier molecular flexibility index (Phi) is 8.89. The molecule has 43 heavy (non-hydrogen) atoms. The number of carbonyl (C=O) groups is 3. The van der Waals surface area contributed by atoms with E-state index >= 15 is 0 Å². The Morgan fingerprint density at radius 3 is 2.40 bits per heavy atom. The second-order valence-corrected chi connectivity index (χ2v) is 12.5. The number of nitrogens with zero attached hydrogens (tertiary/aromatic N) is 2. The predicted molar refractivity (Wildman–Crippen MR) is 174 cm³/mol. The Hall–Kier alpha value is -3.97. The predicted octanol–water partition coefficient (Wildman–Crippen LogP) is 7.04. The Morgan fingerprint density at radius 2 is 1.63 bits per heavy atom. The molecule has 1 heterocycles.